The van der Waals surface area contributed by atoms with Crippen LogP contribution in [0.15, 0.2) is 116 Å². The minimum absolute atomic E-state index is 0. The number of fused-ring (bicyclic) bond motifs is 4. The topological polar surface area (TPSA) is 84.4 Å². The van der Waals surface area contributed by atoms with Crippen LogP contribution in [0.1, 0.15) is 0 Å². The van der Waals surface area contributed by atoms with E-state index in [1.165, 1.54) is 0 Å². The molecule has 120 valence electrons. The van der Waals surface area contributed by atoms with Crippen LogP contribution >= 0.6 is 0 Å². The van der Waals surface area contributed by atoms with Crippen molar-refractivity contribution in [1.82, 2.24) is 6.15 Å². The molecule has 0 fully saturated rings. The number of rotatable bonds is 0. The van der Waals surface area contributed by atoms with Gasteiger partial charge in [0.25, 0.3) is 0 Å². The van der Waals surface area contributed by atoms with Crippen LogP contribution in [-0.4, -0.2) is 22.8 Å². The summed E-state index contributed by atoms with van der Waals surface area (Å²) in [7, 11) is 0. The first-order chi connectivity index (χ1) is 11.8. The largest absolute Gasteiger partial charge is 0.344 e. The lowest BCUT2D eigenvalue weighted by Crippen LogP contribution is -1.89. The molecule has 0 radical (unpaired) electrons. The molecular weight excluding hydrogens is 310 g/mol. The van der Waals surface area contributed by atoms with Crippen molar-refractivity contribution >= 4 is 22.8 Å². The lowest BCUT2D eigenvalue weighted by Gasteiger charge is -1.94. The Balaban J connectivity index is 0.00000157. The second kappa shape index (κ2) is 5.89. The summed E-state index contributed by atoms with van der Waals surface area (Å²) in [6.45, 7) is 0. The average Bonchev–Trinajstić information content (AvgIpc) is 3.32. The summed E-state index contributed by atoms with van der Waals surface area (Å²) < 4.78 is 0. The molecule has 0 saturated heterocycles. The Hall–Kier alpha value is -3.44. The first-order valence-electron chi connectivity index (χ1n) is 7.74. The van der Waals surface area contributed by atoms with Gasteiger partial charge < -0.3 is 6.15 Å². The van der Waals surface area contributed by atoms with Gasteiger partial charge in [-0.05, 0) is 72.9 Å². The van der Waals surface area contributed by atoms with Gasteiger partial charge in [-0.15, -0.1) is 0 Å². The molecule has 25 heavy (non-hydrogen) atoms. The highest BCUT2D eigenvalue weighted by atomic mass is 14.8. The molecule has 3 N–H and O–H groups in total. The van der Waals surface area contributed by atoms with Crippen molar-refractivity contribution in [2.75, 3.05) is 0 Å². The van der Waals surface area contributed by atoms with E-state index in [0.29, 0.717) is 0 Å². The first-order valence-corrected chi connectivity index (χ1v) is 7.74. The average molecular weight is 325 g/mol. The molecule has 0 aromatic heterocycles. The summed E-state index contributed by atoms with van der Waals surface area (Å²) in [4.78, 5) is 18.4. The third-order valence-corrected chi connectivity index (χ3v) is 3.92. The maximum absolute atomic E-state index is 4.59. The van der Waals surface area contributed by atoms with Crippen molar-refractivity contribution in [3.63, 3.8) is 0 Å². The van der Waals surface area contributed by atoms with Crippen molar-refractivity contribution < 1.29 is 0 Å². The number of hydrogen-bond acceptors (Lipinski definition) is 5. The van der Waals surface area contributed by atoms with E-state index in [9.17, 15) is 0 Å². The summed E-state index contributed by atoms with van der Waals surface area (Å²) in [5.74, 6) is 0. The van der Waals surface area contributed by atoms with Crippen molar-refractivity contribution in [3.05, 3.63) is 95.7 Å². The van der Waals surface area contributed by atoms with E-state index in [2.05, 4.69) is 20.0 Å². The third-order valence-electron chi connectivity index (χ3n) is 3.92. The van der Waals surface area contributed by atoms with Crippen LogP contribution in [0.5, 0.6) is 0 Å². The van der Waals surface area contributed by atoms with Crippen molar-refractivity contribution in [2.45, 2.75) is 0 Å². The van der Waals surface area contributed by atoms with Crippen LogP contribution in [0.25, 0.3) is 0 Å². The Bertz CT molecular complexity index is 844. The fourth-order valence-corrected chi connectivity index (χ4v) is 2.83. The van der Waals surface area contributed by atoms with Crippen LogP contribution in [0.2, 0.25) is 0 Å². The fraction of sp³-hybridized carbons (Fsp3) is 0. The highest BCUT2D eigenvalue weighted by Crippen LogP contribution is 2.20. The summed E-state index contributed by atoms with van der Waals surface area (Å²) in [6.07, 6.45) is 23.8. The second-order valence-corrected chi connectivity index (χ2v) is 5.76. The smallest absolute Gasteiger partial charge is 0.0659 e. The highest BCUT2D eigenvalue weighted by molar-refractivity contribution is 6.14. The fourth-order valence-electron chi connectivity index (χ4n) is 2.83. The number of aliphatic imine (C=N–C) groups is 4. The number of nitrogens with zero attached hydrogens (tertiary/aromatic N) is 4. The van der Waals surface area contributed by atoms with Gasteiger partial charge in [-0.25, -0.2) is 20.0 Å². The molecule has 0 saturated carbocycles. The Morgan fingerprint density at radius 3 is 0.840 bits per heavy atom. The van der Waals surface area contributed by atoms with Crippen LogP contribution in [-0.2, 0) is 0 Å². The monoisotopic (exact) mass is 325 g/mol. The number of hydrogen-bond donors (Lipinski definition) is 1. The van der Waals surface area contributed by atoms with E-state index in [1.54, 1.807) is 0 Å². The highest BCUT2D eigenvalue weighted by Gasteiger charge is 2.11. The van der Waals surface area contributed by atoms with Crippen molar-refractivity contribution in [2.24, 2.45) is 20.0 Å². The van der Waals surface area contributed by atoms with Gasteiger partial charge in [-0.3, -0.25) is 0 Å². The summed E-state index contributed by atoms with van der Waals surface area (Å²) >= 11 is 0. The molecule has 0 atom stereocenters. The molecule has 0 unspecified atom stereocenters. The van der Waals surface area contributed by atoms with Crippen LogP contribution in [0.4, 0.5) is 0 Å². The predicted molar refractivity (Wildman–Crippen MR) is 104 cm³/mol. The molecule has 5 heteroatoms. The molecule has 5 aliphatic heterocycles. The minimum atomic E-state index is 0. The standard InChI is InChI=1S/C20H12N4.H3N/c1-2-14-10-16-5-6-18(23-16)12-20-8-7-19(24-20)11-17-4-3-15(22-17)9-13(1)21-14;/h1-12H;1H3. The zero-order valence-electron chi connectivity index (χ0n) is 13.4. The molecule has 0 spiro atoms. The van der Waals surface area contributed by atoms with E-state index < -0.39 is 0 Å². The minimum Gasteiger partial charge on any atom is -0.344 e. The van der Waals surface area contributed by atoms with Gasteiger partial charge in [-0.1, -0.05) is 0 Å². The molecule has 0 aromatic carbocycles. The van der Waals surface area contributed by atoms with Gasteiger partial charge >= 0.3 is 0 Å². The van der Waals surface area contributed by atoms with Crippen LogP contribution in [0, 0.1) is 0 Å². The zero-order valence-corrected chi connectivity index (χ0v) is 13.4. The Morgan fingerprint density at radius 1 is 0.360 bits per heavy atom. The Labute approximate surface area is 145 Å². The molecule has 5 heterocycles. The van der Waals surface area contributed by atoms with Gasteiger partial charge in [0.1, 0.15) is 0 Å². The molecule has 0 aromatic rings. The first kappa shape index (κ1) is 15.1. The van der Waals surface area contributed by atoms with E-state index in [4.69, 9.17) is 0 Å². The zero-order chi connectivity index (χ0) is 15.9. The van der Waals surface area contributed by atoms with E-state index in [1.807, 2.05) is 72.9 Å². The predicted octanol–water partition coefficient (Wildman–Crippen LogP) is 3.74. The van der Waals surface area contributed by atoms with Crippen LogP contribution < -0.4 is 6.15 Å². The third kappa shape index (κ3) is 3.00. The molecule has 8 bridgehead atoms. The second-order valence-electron chi connectivity index (χ2n) is 5.76. The lowest BCUT2D eigenvalue weighted by molar-refractivity contribution is 1.41. The Kier molecular flexibility index (Phi) is 3.56. The SMILES string of the molecule is C1=CC2=NC1=CC1=NC(=CC3=NC(=CC4=NC(=C2)C=C4)C=C3)C=C1.N. The lowest BCUT2D eigenvalue weighted by atomic mass is 10.2. The molecule has 0 amide bonds. The van der Waals surface area contributed by atoms with Gasteiger partial charge in [0, 0.05) is 0 Å². The van der Waals surface area contributed by atoms with E-state index >= 15 is 0 Å². The molecule has 5 nitrogen and oxygen atoms in total. The van der Waals surface area contributed by atoms with E-state index in [0.717, 1.165) is 45.6 Å². The maximum Gasteiger partial charge on any atom is 0.0659 e. The number of allylic oxidation sites excluding steroid dienone is 12. The molecule has 0 aliphatic carbocycles. The summed E-state index contributed by atoms with van der Waals surface area (Å²) in [5, 5.41) is 0. The molecule has 5 rings (SSSR count). The van der Waals surface area contributed by atoms with Gasteiger partial charge in [0.15, 0.2) is 0 Å². The van der Waals surface area contributed by atoms with Gasteiger partial charge in [0.05, 0.1) is 45.6 Å². The summed E-state index contributed by atoms with van der Waals surface area (Å²) in [5.41, 5.74) is 7.15. The summed E-state index contributed by atoms with van der Waals surface area (Å²) in [6, 6.07) is 0. The van der Waals surface area contributed by atoms with Crippen LogP contribution in [0.3, 0.4) is 0 Å². The molecule has 5 aliphatic rings. The molecular formula is C20H15N5. The van der Waals surface area contributed by atoms with Crippen molar-refractivity contribution in [3.8, 4) is 0 Å². The van der Waals surface area contributed by atoms with Gasteiger partial charge in [0.2, 0.25) is 0 Å². The van der Waals surface area contributed by atoms with Gasteiger partial charge in [-0.2, -0.15) is 0 Å². The normalized spacial score (nSPS) is 21.8. The maximum atomic E-state index is 4.59. The Morgan fingerprint density at radius 2 is 0.600 bits per heavy atom. The van der Waals surface area contributed by atoms with Crippen molar-refractivity contribution in [1.29, 1.82) is 0 Å². The quantitative estimate of drug-likeness (QED) is 0.723. The van der Waals surface area contributed by atoms with E-state index in [-0.39, 0.29) is 6.15 Å².